The predicted octanol–water partition coefficient (Wildman–Crippen LogP) is 6.78. The maximum absolute atomic E-state index is 14.5. The van der Waals surface area contributed by atoms with Gasteiger partial charge in [0.25, 0.3) is 5.91 Å². The van der Waals surface area contributed by atoms with E-state index in [1.807, 2.05) is 44.2 Å². The van der Waals surface area contributed by atoms with Crippen LogP contribution in [0.4, 0.5) is 8.78 Å². The summed E-state index contributed by atoms with van der Waals surface area (Å²) >= 11 is 0. The van der Waals surface area contributed by atoms with Crippen molar-refractivity contribution in [1.82, 2.24) is 9.63 Å². The van der Waals surface area contributed by atoms with Crippen LogP contribution in [0.2, 0.25) is 0 Å². The summed E-state index contributed by atoms with van der Waals surface area (Å²) in [6, 6.07) is 20.3. The molecule has 0 aliphatic rings. The lowest BCUT2D eigenvalue weighted by molar-refractivity contribution is -0.143. The van der Waals surface area contributed by atoms with E-state index in [-0.39, 0.29) is 31.1 Å². The topological polar surface area (TPSA) is 98.1 Å². The summed E-state index contributed by atoms with van der Waals surface area (Å²) in [6.07, 6.45) is 0.858. The van der Waals surface area contributed by atoms with Crippen molar-refractivity contribution in [1.29, 1.82) is 0 Å². The molecule has 3 aromatic carbocycles. The van der Waals surface area contributed by atoms with Crippen molar-refractivity contribution in [2.45, 2.75) is 45.4 Å². The highest BCUT2D eigenvalue weighted by atomic mass is 19.1. The van der Waals surface area contributed by atoms with Crippen LogP contribution in [0.25, 0.3) is 28.3 Å². The Hall–Kier alpha value is -4.93. The lowest BCUT2D eigenvalue weighted by atomic mass is 9.94. The molecule has 1 aromatic heterocycles. The minimum absolute atomic E-state index is 0.121. The van der Waals surface area contributed by atoms with Gasteiger partial charge in [-0.1, -0.05) is 54.6 Å². The van der Waals surface area contributed by atoms with Gasteiger partial charge in [-0.2, -0.15) is 0 Å². The van der Waals surface area contributed by atoms with E-state index in [2.05, 4.69) is 4.74 Å². The first-order valence-corrected chi connectivity index (χ1v) is 14.7. The number of halogens is 2. The molecule has 1 atom stereocenters. The van der Waals surface area contributed by atoms with Crippen LogP contribution < -0.4 is 0 Å². The van der Waals surface area contributed by atoms with Crippen LogP contribution in [-0.4, -0.2) is 52.7 Å². The largest absolute Gasteiger partial charge is 0.469 e. The number of carbonyl (C=O) groups is 3. The lowest BCUT2D eigenvalue weighted by Crippen LogP contribution is -2.32. The van der Waals surface area contributed by atoms with Crippen LogP contribution in [-0.2, 0) is 25.7 Å². The van der Waals surface area contributed by atoms with E-state index >= 15 is 0 Å². The van der Waals surface area contributed by atoms with Crippen molar-refractivity contribution >= 4 is 23.7 Å². The second-order valence-corrected chi connectivity index (χ2v) is 10.9. The van der Waals surface area contributed by atoms with Gasteiger partial charge >= 0.3 is 5.97 Å². The molecule has 0 aliphatic carbocycles. The number of hydroxylamine groups is 2. The van der Waals surface area contributed by atoms with Crippen molar-refractivity contribution < 1.29 is 37.8 Å². The summed E-state index contributed by atoms with van der Waals surface area (Å²) in [5.41, 5.74) is 3.44. The zero-order chi connectivity index (χ0) is 33.4. The van der Waals surface area contributed by atoms with Crippen LogP contribution in [0.15, 0.2) is 84.9 Å². The second-order valence-electron chi connectivity index (χ2n) is 10.9. The molecule has 0 aliphatic heterocycles. The second kappa shape index (κ2) is 15.4. The molecule has 4 rings (SSSR count). The number of hydrogen-bond acceptors (Lipinski definition) is 6. The molecule has 1 unspecified atom stereocenters. The molecule has 1 heterocycles. The summed E-state index contributed by atoms with van der Waals surface area (Å²) in [7, 11) is 2.58. The molecular weight excluding hydrogens is 594 g/mol. The van der Waals surface area contributed by atoms with E-state index in [9.17, 15) is 28.3 Å². The average Bonchev–Trinajstić information content (AvgIpc) is 3.38. The molecule has 4 aromatic rings. The molecule has 0 fully saturated rings. The Bertz CT molecular complexity index is 1700. The van der Waals surface area contributed by atoms with E-state index in [1.165, 1.54) is 55.7 Å². The number of esters is 1. The summed E-state index contributed by atoms with van der Waals surface area (Å²) in [4.78, 5) is 44.6. The molecule has 46 heavy (non-hydrogen) atoms. The fourth-order valence-electron chi connectivity index (χ4n) is 5.23. The number of hydrogen-bond donors (Lipinski definition) is 1. The Balaban J connectivity index is 1.97. The van der Waals surface area contributed by atoms with Gasteiger partial charge in [0.1, 0.15) is 17.3 Å². The zero-order valence-electron chi connectivity index (χ0n) is 26.1. The van der Waals surface area contributed by atoms with Crippen LogP contribution in [0.5, 0.6) is 0 Å². The third kappa shape index (κ3) is 8.01. The minimum Gasteiger partial charge on any atom is -0.469 e. The Morgan fingerprint density at radius 2 is 1.41 bits per heavy atom. The summed E-state index contributed by atoms with van der Waals surface area (Å²) in [6.45, 7) is 3.86. The van der Waals surface area contributed by atoms with Gasteiger partial charge in [0.15, 0.2) is 5.78 Å². The smallest absolute Gasteiger partial charge is 0.308 e. The van der Waals surface area contributed by atoms with Crippen LogP contribution in [0.3, 0.4) is 0 Å². The van der Waals surface area contributed by atoms with Gasteiger partial charge in [-0.15, -0.1) is 0 Å². The van der Waals surface area contributed by atoms with Crippen LogP contribution >= 0.6 is 0 Å². The highest BCUT2D eigenvalue weighted by Crippen LogP contribution is 2.43. The number of aliphatic hydroxyl groups excluding tert-OH is 1. The van der Waals surface area contributed by atoms with E-state index in [0.29, 0.717) is 27.9 Å². The molecule has 240 valence electrons. The third-order valence-corrected chi connectivity index (χ3v) is 7.34. The number of amides is 1. The molecule has 0 bridgehead atoms. The normalized spacial score (nSPS) is 12.0. The van der Waals surface area contributed by atoms with Gasteiger partial charge in [-0.05, 0) is 67.0 Å². The number of rotatable bonds is 13. The molecule has 0 saturated heterocycles. The Kier molecular flexibility index (Phi) is 11.3. The number of aliphatic hydroxyl groups is 1. The number of carbonyl (C=O) groups excluding carboxylic acids is 3. The minimum atomic E-state index is -1.25. The zero-order valence-corrected chi connectivity index (χ0v) is 26.1. The monoisotopic (exact) mass is 630 g/mol. The highest BCUT2D eigenvalue weighted by molar-refractivity contribution is 6.07. The Morgan fingerprint density at radius 3 is 1.93 bits per heavy atom. The van der Waals surface area contributed by atoms with Gasteiger partial charge in [0.2, 0.25) is 0 Å². The fourth-order valence-corrected chi connectivity index (χ4v) is 5.23. The quantitative estimate of drug-likeness (QED) is 0.0994. The van der Waals surface area contributed by atoms with Gasteiger partial charge in [0.05, 0.1) is 39.0 Å². The van der Waals surface area contributed by atoms with Crippen molar-refractivity contribution in [3.05, 3.63) is 114 Å². The van der Waals surface area contributed by atoms with Gasteiger partial charge < -0.3 is 14.4 Å². The van der Waals surface area contributed by atoms with E-state index in [1.54, 1.807) is 28.8 Å². The number of ketones is 1. The SMILES string of the molecule is COC(=O)CC(O)CC(=O)C=Cc1c(-c2ccc(F)cc2)c(-c2ccc(F)cc2)c(C(=O)N(Cc2ccccc2)OC)n1C(C)C. The summed E-state index contributed by atoms with van der Waals surface area (Å²) in [5, 5.41) is 11.4. The number of aromatic nitrogens is 1. The maximum Gasteiger partial charge on any atom is 0.308 e. The van der Waals surface area contributed by atoms with E-state index in [0.717, 1.165) is 5.56 Å². The number of allylic oxidation sites excluding steroid dienone is 1. The molecular formula is C36H36F2N2O6. The van der Waals surface area contributed by atoms with Crippen molar-refractivity contribution in [3.63, 3.8) is 0 Å². The Labute approximate surface area is 266 Å². The molecule has 0 spiro atoms. The molecule has 0 saturated carbocycles. The van der Waals surface area contributed by atoms with Gasteiger partial charge in [0, 0.05) is 23.6 Å². The molecule has 1 N–H and O–H groups in total. The Morgan fingerprint density at radius 1 is 0.848 bits per heavy atom. The maximum atomic E-state index is 14.5. The number of benzene rings is 3. The highest BCUT2D eigenvalue weighted by Gasteiger charge is 2.32. The van der Waals surface area contributed by atoms with Gasteiger partial charge in [-0.25, -0.2) is 13.8 Å². The number of ether oxygens (including phenoxy) is 1. The standard InChI is InChI=1S/C36H36F2N2O6/c1-23(2)40-31(19-18-29(41)20-30(42)21-32(43)45-3)33(25-10-14-27(37)15-11-25)34(26-12-16-28(38)17-13-26)35(40)36(44)39(46-4)22-24-8-6-5-7-9-24/h5-19,23,30,42H,20-22H2,1-4H3. The summed E-state index contributed by atoms with van der Waals surface area (Å²) < 4.78 is 34.6. The molecule has 1 amide bonds. The third-order valence-electron chi connectivity index (χ3n) is 7.34. The van der Waals surface area contributed by atoms with Crippen molar-refractivity contribution in [3.8, 4) is 22.3 Å². The van der Waals surface area contributed by atoms with Crippen molar-refractivity contribution in [2.24, 2.45) is 0 Å². The molecule has 8 nitrogen and oxygen atoms in total. The predicted molar refractivity (Wildman–Crippen MR) is 170 cm³/mol. The lowest BCUT2D eigenvalue weighted by Gasteiger charge is -2.23. The number of nitrogens with zero attached hydrogens (tertiary/aromatic N) is 2. The molecule has 0 radical (unpaired) electrons. The van der Waals surface area contributed by atoms with Gasteiger partial charge in [-0.3, -0.25) is 19.2 Å². The van der Waals surface area contributed by atoms with Crippen LogP contribution in [0.1, 0.15) is 54.5 Å². The first-order valence-electron chi connectivity index (χ1n) is 14.7. The molecule has 10 heteroatoms. The number of methoxy groups -OCH3 is 1. The van der Waals surface area contributed by atoms with Crippen molar-refractivity contribution in [2.75, 3.05) is 14.2 Å². The summed E-state index contributed by atoms with van der Waals surface area (Å²) in [5.74, 6) is -2.56. The van der Waals surface area contributed by atoms with Crippen LogP contribution in [0, 0.1) is 11.6 Å². The average molecular weight is 631 g/mol. The van der Waals surface area contributed by atoms with E-state index in [4.69, 9.17) is 4.84 Å². The first-order chi connectivity index (χ1) is 22.0. The first kappa shape index (κ1) is 34.0. The fraction of sp³-hybridized carbons (Fsp3) is 0.250. The van der Waals surface area contributed by atoms with E-state index < -0.39 is 35.4 Å².